The SMILES string of the molecule is CS(=O)(=O)CCS(=O)c1cc(N)cc(F)c1. The molecule has 16 heavy (non-hydrogen) atoms. The molecular formula is C9H12FNO3S2. The lowest BCUT2D eigenvalue weighted by atomic mass is 10.3. The van der Waals surface area contributed by atoms with E-state index in [1.807, 2.05) is 0 Å². The monoisotopic (exact) mass is 265 g/mol. The Bertz CT molecular complexity index is 493. The number of sulfone groups is 1. The fourth-order valence-electron chi connectivity index (χ4n) is 1.06. The molecule has 0 aliphatic carbocycles. The molecule has 0 saturated carbocycles. The molecule has 7 heteroatoms. The lowest BCUT2D eigenvalue weighted by Crippen LogP contribution is -2.12. The van der Waals surface area contributed by atoms with E-state index in [1.54, 1.807) is 0 Å². The first kappa shape index (κ1) is 13.1. The number of benzene rings is 1. The Balaban J connectivity index is 2.81. The van der Waals surface area contributed by atoms with E-state index < -0.39 is 26.5 Å². The van der Waals surface area contributed by atoms with Crippen LogP contribution in [0.2, 0.25) is 0 Å². The van der Waals surface area contributed by atoms with Gasteiger partial charge in [0.15, 0.2) is 0 Å². The predicted molar refractivity (Wildman–Crippen MR) is 61.8 cm³/mol. The van der Waals surface area contributed by atoms with Gasteiger partial charge in [-0.15, -0.1) is 0 Å². The molecule has 1 aromatic rings. The number of hydrogen-bond acceptors (Lipinski definition) is 4. The van der Waals surface area contributed by atoms with Gasteiger partial charge in [0.2, 0.25) is 0 Å². The highest BCUT2D eigenvalue weighted by molar-refractivity contribution is 7.92. The zero-order valence-corrected chi connectivity index (χ0v) is 10.3. The fraction of sp³-hybridized carbons (Fsp3) is 0.333. The molecule has 4 nitrogen and oxygen atoms in total. The van der Waals surface area contributed by atoms with Crippen LogP contribution in [0.3, 0.4) is 0 Å². The van der Waals surface area contributed by atoms with Crippen molar-refractivity contribution in [2.75, 3.05) is 23.5 Å². The van der Waals surface area contributed by atoms with Crippen LogP contribution in [0.15, 0.2) is 23.1 Å². The molecule has 0 aromatic heterocycles. The van der Waals surface area contributed by atoms with Crippen LogP contribution in [0.5, 0.6) is 0 Å². The summed E-state index contributed by atoms with van der Waals surface area (Å²) in [5, 5.41) is 0. The molecule has 1 rings (SSSR count). The molecule has 1 atom stereocenters. The Morgan fingerprint density at radius 1 is 1.38 bits per heavy atom. The van der Waals surface area contributed by atoms with Crippen LogP contribution >= 0.6 is 0 Å². The van der Waals surface area contributed by atoms with E-state index in [1.165, 1.54) is 6.07 Å². The summed E-state index contributed by atoms with van der Waals surface area (Å²) in [5.74, 6) is -0.833. The molecule has 0 aliphatic rings. The number of hydrogen-bond donors (Lipinski definition) is 1. The number of anilines is 1. The van der Waals surface area contributed by atoms with Gasteiger partial charge in [0.1, 0.15) is 15.7 Å². The van der Waals surface area contributed by atoms with Gasteiger partial charge < -0.3 is 5.73 Å². The summed E-state index contributed by atoms with van der Waals surface area (Å²) in [6.07, 6.45) is 1.06. The molecule has 0 heterocycles. The zero-order valence-electron chi connectivity index (χ0n) is 8.64. The Hall–Kier alpha value is -0.950. The molecule has 0 saturated heterocycles. The first-order chi connectivity index (χ1) is 7.28. The van der Waals surface area contributed by atoms with Crippen molar-refractivity contribution in [3.05, 3.63) is 24.0 Å². The largest absolute Gasteiger partial charge is 0.399 e. The van der Waals surface area contributed by atoms with Crippen LogP contribution in [0.4, 0.5) is 10.1 Å². The highest BCUT2D eigenvalue weighted by atomic mass is 32.2. The molecule has 0 spiro atoms. The van der Waals surface area contributed by atoms with Gasteiger partial charge >= 0.3 is 0 Å². The highest BCUT2D eigenvalue weighted by Crippen LogP contribution is 2.14. The lowest BCUT2D eigenvalue weighted by Gasteiger charge is -2.03. The third-order valence-electron chi connectivity index (χ3n) is 1.80. The quantitative estimate of drug-likeness (QED) is 0.807. The van der Waals surface area contributed by atoms with Crippen LogP contribution in [0.25, 0.3) is 0 Å². The summed E-state index contributed by atoms with van der Waals surface area (Å²) in [7, 11) is -4.72. The van der Waals surface area contributed by atoms with Gasteiger partial charge in [-0.3, -0.25) is 4.21 Å². The van der Waals surface area contributed by atoms with Crippen molar-refractivity contribution in [2.24, 2.45) is 0 Å². The lowest BCUT2D eigenvalue weighted by molar-refractivity contribution is 0.602. The van der Waals surface area contributed by atoms with Gasteiger partial charge in [-0.1, -0.05) is 0 Å². The van der Waals surface area contributed by atoms with Gasteiger partial charge in [-0.2, -0.15) is 0 Å². The molecule has 2 N–H and O–H groups in total. The summed E-state index contributed by atoms with van der Waals surface area (Å²) in [6, 6.07) is 3.58. The summed E-state index contributed by atoms with van der Waals surface area (Å²) >= 11 is 0. The zero-order chi connectivity index (χ0) is 12.3. The molecule has 0 radical (unpaired) electrons. The Morgan fingerprint density at radius 3 is 2.50 bits per heavy atom. The molecule has 1 unspecified atom stereocenters. The third-order valence-corrected chi connectivity index (χ3v) is 4.34. The number of halogens is 1. The Morgan fingerprint density at radius 2 is 2.00 bits per heavy atom. The normalized spacial score (nSPS) is 13.6. The Labute approximate surface area is 96.0 Å². The van der Waals surface area contributed by atoms with Crippen LogP contribution in [0, 0.1) is 5.82 Å². The van der Waals surface area contributed by atoms with Crippen molar-refractivity contribution in [3.8, 4) is 0 Å². The fourth-order valence-corrected chi connectivity index (χ4v) is 3.62. The molecule has 0 fully saturated rings. The molecule has 0 bridgehead atoms. The number of rotatable bonds is 4. The second-order valence-electron chi connectivity index (χ2n) is 3.40. The average molecular weight is 265 g/mol. The van der Waals surface area contributed by atoms with Crippen molar-refractivity contribution >= 4 is 26.3 Å². The predicted octanol–water partition coefficient (Wildman–Crippen LogP) is 0.560. The van der Waals surface area contributed by atoms with Gasteiger partial charge in [0.05, 0.1) is 16.6 Å². The van der Waals surface area contributed by atoms with Crippen LogP contribution in [0.1, 0.15) is 0 Å². The summed E-state index contributed by atoms with van der Waals surface area (Å²) in [5.41, 5.74) is 5.56. The first-order valence-corrected chi connectivity index (χ1v) is 7.78. The number of nitrogens with two attached hydrogens (primary N) is 1. The van der Waals surface area contributed by atoms with E-state index in [4.69, 9.17) is 5.73 Å². The van der Waals surface area contributed by atoms with E-state index in [0.29, 0.717) is 0 Å². The maximum absolute atomic E-state index is 12.9. The van der Waals surface area contributed by atoms with Gasteiger partial charge in [-0.05, 0) is 18.2 Å². The van der Waals surface area contributed by atoms with Crippen LogP contribution in [-0.4, -0.2) is 30.4 Å². The standard InChI is InChI=1S/C9H12FNO3S2/c1-16(13,14)3-2-15(12)9-5-7(10)4-8(11)6-9/h4-6H,2-3,11H2,1H3. The molecule has 0 amide bonds. The molecule has 0 aliphatic heterocycles. The summed E-state index contributed by atoms with van der Waals surface area (Å²) < 4.78 is 46.3. The second kappa shape index (κ2) is 4.92. The van der Waals surface area contributed by atoms with E-state index in [-0.39, 0.29) is 22.1 Å². The maximum Gasteiger partial charge on any atom is 0.148 e. The van der Waals surface area contributed by atoms with Crippen molar-refractivity contribution in [1.29, 1.82) is 0 Å². The van der Waals surface area contributed by atoms with E-state index in [0.717, 1.165) is 18.4 Å². The van der Waals surface area contributed by atoms with Crippen LogP contribution < -0.4 is 5.73 Å². The molecular weight excluding hydrogens is 253 g/mol. The minimum Gasteiger partial charge on any atom is -0.399 e. The minimum atomic E-state index is -3.17. The minimum absolute atomic E-state index is 0.0538. The summed E-state index contributed by atoms with van der Waals surface area (Å²) in [4.78, 5) is 0.209. The number of nitrogen functional groups attached to an aromatic ring is 1. The molecule has 90 valence electrons. The van der Waals surface area contributed by atoms with Gasteiger partial charge in [0, 0.05) is 22.6 Å². The van der Waals surface area contributed by atoms with Gasteiger partial charge in [-0.25, -0.2) is 12.8 Å². The van der Waals surface area contributed by atoms with Crippen molar-refractivity contribution < 1.29 is 17.0 Å². The smallest absolute Gasteiger partial charge is 0.148 e. The van der Waals surface area contributed by atoms with E-state index in [2.05, 4.69) is 0 Å². The average Bonchev–Trinajstić information content (AvgIpc) is 2.11. The van der Waals surface area contributed by atoms with Crippen molar-refractivity contribution in [2.45, 2.75) is 4.90 Å². The van der Waals surface area contributed by atoms with Gasteiger partial charge in [0.25, 0.3) is 0 Å². The molecule has 1 aromatic carbocycles. The highest BCUT2D eigenvalue weighted by Gasteiger charge is 2.10. The third kappa shape index (κ3) is 4.28. The first-order valence-electron chi connectivity index (χ1n) is 4.40. The maximum atomic E-state index is 12.9. The van der Waals surface area contributed by atoms with Crippen LogP contribution in [-0.2, 0) is 20.6 Å². The van der Waals surface area contributed by atoms with E-state index >= 15 is 0 Å². The topological polar surface area (TPSA) is 77.2 Å². The second-order valence-corrected chi connectivity index (χ2v) is 7.23. The van der Waals surface area contributed by atoms with Crippen molar-refractivity contribution in [1.82, 2.24) is 0 Å². The van der Waals surface area contributed by atoms with E-state index in [9.17, 15) is 17.0 Å². The Kier molecular flexibility index (Phi) is 4.03. The van der Waals surface area contributed by atoms with Crippen molar-refractivity contribution in [3.63, 3.8) is 0 Å². The summed E-state index contributed by atoms with van der Waals surface area (Å²) in [6.45, 7) is 0.